The molecule has 0 saturated heterocycles. The zero-order chi connectivity index (χ0) is 17.6. The molecule has 1 rings (SSSR count). The number of aryl methyl sites for hydroxylation is 1. The van der Waals surface area contributed by atoms with Crippen LogP contribution in [0, 0.1) is 17.0 Å². The van der Waals surface area contributed by atoms with E-state index >= 15 is 0 Å². The number of carbonyl (C=O) groups is 2. The smallest absolute Gasteiger partial charge is 0.279 e. The van der Waals surface area contributed by atoms with Crippen molar-refractivity contribution in [2.45, 2.75) is 26.8 Å². The van der Waals surface area contributed by atoms with Crippen LogP contribution in [0.5, 0.6) is 0 Å². The number of benzene rings is 1. The molecule has 8 nitrogen and oxygen atoms in total. The number of carbonyl (C=O) groups excluding carboxylic acids is 2. The van der Waals surface area contributed by atoms with Crippen molar-refractivity contribution in [1.29, 1.82) is 0 Å². The fourth-order valence-corrected chi connectivity index (χ4v) is 2.08. The second-order valence-electron chi connectivity index (χ2n) is 5.84. The number of non-ortho nitro benzene ring substituents is 1. The lowest BCUT2D eigenvalue weighted by Gasteiger charge is -2.15. The molecule has 8 heteroatoms. The van der Waals surface area contributed by atoms with Gasteiger partial charge in [0.1, 0.15) is 0 Å². The predicted molar refractivity (Wildman–Crippen MR) is 86.4 cm³/mol. The van der Waals surface area contributed by atoms with Gasteiger partial charge in [-0.1, -0.05) is 0 Å². The lowest BCUT2D eigenvalue weighted by Crippen LogP contribution is -3.11. The molecule has 2 amide bonds. The lowest BCUT2D eigenvalue weighted by atomic mass is 10.2. The third-order valence-corrected chi connectivity index (χ3v) is 3.07. The zero-order valence-corrected chi connectivity index (χ0v) is 13.8. The van der Waals surface area contributed by atoms with Gasteiger partial charge in [0.2, 0.25) is 0 Å². The summed E-state index contributed by atoms with van der Waals surface area (Å²) < 4.78 is 0. The summed E-state index contributed by atoms with van der Waals surface area (Å²) >= 11 is 0. The molecule has 0 aliphatic heterocycles. The number of anilines is 1. The molecular formula is C15H23N4O4+. The van der Waals surface area contributed by atoms with E-state index in [-0.39, 0.29) is 36.6 Å². The summed E-state index contributed by atoms with van der Waals surface area (Å²) in [5.74, 6) is -0.367. The van der Waals surface area contributed by atoms with E-state index in [1.165, 1.54) is 18.2 Å². The summed E-state index contributed by atoms with van der Waals surface area (Å²) in [6.07, 6.45) is 0. The second-order valence-corrected chi connectivity index (χ2v) is 5.84. The van der Waals surface area contributed by atoms with E-state index in [2.05, 4.69) is 10.6 Å². The number of hydrogen-bond donors (Lipinski definition) is 3. The van der Waals surface area contributed by atoms with Gasteiger partial charge in [0.05, 0.1) is 12.0 Å². The van der Waals surface area contributed by atoms with Gasteiger partial charge in [0.15, 0.2) is 13.1 Å². The van der Waals surface area contributed by atoms with Crippen molar-refractivity contribution < 1.29 is 19.4 Å². The highest BCUT2D eigenvalue weighted by atomic mass is 16.6. The van der Waals surface area contributed by atoms with Crippen LogP contribution in [0.15, 0.2) is 18.2 Å². The van der Waals surface area contributed by atoms with E-state index in [9.17, 15) is 19.7 Å². The highest BCUT2D eigenvalue weighted by Crippen LogP contribution is 2.20. The number of rotatable bonds is 7. The first-order chi connectivity index (χ1) is 10.7. The summed E-state index contributed by atoms with van der Waals surface area (Å²) in [5, 5.41) is 16.2. The normalized spacial score (nSPS) is 11.9. The van der Waals surface area contributed by atoms with Gasteiger partial charge in [0, 0.05) is 23.9 Å². The van der Waals surface area contributed by atoms with Crippen LogP contribution in [0.1, 0.15) is 19.4 Å². The van der Waals surface area contributed by atoms with Gasteiger partial charge < -0.3 is 15.5 Å². The van der Waals surface area contributed by atoms with Crippen LogP contribution >= 0.6 is 0 Å². The summed E-state index contributed by atoms with van der Waals surface area (Å²) in [5.41, 5.74) is 1.12. The number of quaternary nitrogens is 1. The van der Waals surface area contributed by atoms with E-state index < -0.39 is 4.92 Å². The fraction of sp³-hybridized carbons (Fsp3) is 0.467. The number of nitrogens with zero attached hydrogens (tertiary/aromatic N) is 1. The molecule has 0 saturated carbocycles. The molecule has 3 N–H and O–H groups in total. The van der Waals surface area contributed by atoms with Crippen molar-refractivity contribution >= 4 is 23.2 Å². The Kier molecular flexibility index (Phi) is 6.65. The van der Waals surface area contributed by atoms with Gasteiger partial charge in [-0.15, -0.1) is 0 Å². The van der Waals surface area contributed by atoms with Gasteiger partial charge in [-0.05, 0) is 32.4 Å². The Labute approximate surface area is 135 Å². The maximum absolute atomic E-state index is 12.0. The molecule has 1 aromatic rings. The molecular weight excluding hydrogens is 300 g/mol. The molecule has 0 aliphatic carbocycles. The number of likely N-dealkylation sites (N-methyl/N-ethyl adjacent to an activating group) is 1. The third kappa shape index (κ3) is 6.43. The molecule has 1 aromatic carbocycles. The van der Waals surface area contributed by atoms with Crippen LogP contribution in [-0.2, 0) is 9.59 Å². The Balaban J connectivity index is 2.56. The maximum Gasteiger partial charge on any atom is 0.279 e. The minimum absolute atomic E-state index is 0.0198. The van der Waals surface area contributed by atoms with Crippen LogP contribution in [0.3, 0.4) is 0 Å². The minimum Gasteiger partial charge on any atom is -0.349 e. The van der Waals surface area contributed by atoms with E-state index in [1.54, 1.807) is 14.0 Å². The number of nitro benzene ring substituents is 1. The Morgan fingerprint density at radius 3 is 2.39 bits per heavy atom. The molecule has 0 aliphatic rings. The van der Waals surface area contributed by atoms with Gasteiger partial charge in [-0.3, -0.25) is 19.7 Å². The molecule has 0 bridgehead atoms. The van der Waals surface area contributed by atoms with E-state index in [4.69, 9.17) is 0 Å². The van der Waals surface area contributed by atoms with Gasteiger partial charge in [-0.25, -0.2) is 0 Å². The summed E-state index contributed by atoms with van der Waals surface area (Å²) in [7, 11) is 1.75. The zero-order valence-electron chi connectivity index (χ0n) is 13.8. The monoisotopic (exact) mass is 323 g/mol. The van der Waals surface area contributed by atoms with Crippen molar-refractivity contribution in [1.82, 2.24) is 5.32 Å². The van der Waals surface area contributed by atoms with Crippen molar-refractivity contribution in [3.8, 4) is 0 Å². The SMILES string of the molecule is Cc1cc([N+](=O)[O-])ccc1NC(=O)C[NH+](C)CC(=O)NC(C)C. The molecule has 1 atom stereocenters. The topological polar surface area (TPSA) is 106 Å². The molecule has 0 heterocycles. The average Bonchev–Trinajstić information content (AvgIpc) is 2.39. The van der Waals surface area contributed by atoms with Gasteiger partial charge in [-0.2, -0.15) is 0 Å². The van der Waals surface area contributed by atoms with Crippen LogP contribution in [0.4, 0.5) is 11.4 Å². The van der Waals surface area contributed by atoms with Crippen LogP contribution in [0.25, 0.3) is 0 Å². The molecule has 0 aromatic heterocycles. The van der Waals surface area contributed by atoms with Crippen molar-refractivity contribution in [3.63, 3.8) is 0 Å². The van der Waals surface area contributed by atoms with Gasteiger partial charge in [0.25, 0.3) is 17.5 Å². The molecule has 126 valence electrons. The lowest BCUT2D eigenvalue weighted by molar-refractivity contribution is -0.862. The highest BCUT2D eigenvalue weighted by molar-refractivity contribution is 5.92. The Hall–Kier alpha value is -2.48. The van der Waals surface area contributed by atoms with E-state index in [1.807, 2.05) is 13.8 Å². The number of amides is 2. The summed E-state index contributed by atoms with van der Waals surface area (Å²) in [4.78, 5) is 34.6. The number of nitrogens with one attached hydrogen (secondary N) is 3. The molecule has 23 heavy (non-hydrogen) atoms. The Bertz CT molecular complexity index is 601. The van der Waals surface area contributed by atoms with Crippen molar-refractivity contribution in [2.75, 3.05) is 25.5 Å². The maximum atomic E-state index is 12.0. The van der Waals surface area contributed by atoms with Crippen LogP contribution < -0.4 is 15.5 Å². The molecule has 0 spiro atoms. The second kappa shape index (κ2) is 8.23. The first-order valence-corrected chi connectivity index (χ1v) is 7.34. The van der Waals surface area contributed by atoms with Crippen LogP contribution in [-0.4, -0.2) is 42.9 Å². The van der Waals surface area contributed by atoms with Crippen LogP contribution in [0.2, 0.25) is 0 Å². The summed E-state index contributed by atoms with van der Waals surface area (Å²) in [6.45, 7) is 5.76. The predicted octanol–water partition coefficient (Wildman–Crippen LogP) is -0.119. The Morgan fingerprint density at radius 2 is 1.87 bits per heavy atom. The standard InChI is InChI=1S/C15H22N4O4/c1-10(2)16-14(20)8-18(4)9-15(21)17-13-6-5-12(19(22)23)7-11(13)3/h5-7,10H,8-9H2,1-4H3,(H,16,20)(H,17,21)/p+1. The average molecular weight is 323 g/mol. The number of hydrogen-bond acceptors (Lipinski definition) is 4. The van der Waals surface area contributed by atoms with Crippen molar-refractivity contribution in [2.24, 2.45) is 0 Å². The molecule has 0 radical (unpaired) electrons. The van der Waals surface area contributed by atoms with E-state index in [0.717, 1.165) is 4.90 Å². The first kappa shape index (κ1) is 18.6. The third-order valence-electron chi connectivity index (χ3n) is 3.07. The fourth-order valence-electron chi connectivity index (χ4n) is 2.08. The largest absolute Gasteiger partial charge is 0.349 e. The first-order valence-electron chi connectivity index (χ1n) is 7.34. The van der Waals surface area contributed by atoms with E-state index in [0.29, 0.717) is 11.3 Å². The van der Waals surface area contributed by atoms with Crippen molar-refractivity contribution in [3.05, 3.63) is 33.9 Å². The number of nitro groups is 1. The van der Waals surface area contributed by atoms with Gasteiger partial charge >= 0.3 is 0 Å². The quantitative estimate of drug-likeness (QED) is 0.480. The highest BCUT2D eigenvalue weighted by Gasteiger charge is 2.16. The summed E-state index contributed by atoms with van der Waals surface area (Å²) in [6, 6.07) is 4.32. The Morgan fingerprint density at radius 1 is 1.26 bits per heavy atom. The molecule has 1 unspecified atom stereocenters. The molecule has 0 fully saturated rings. The minimum atomic E-state index is -0.482.